The van der Waals surface area contributed by atoms with E-state index in [4.69, 9.17) is 5.11 Å². The molecule has 5 nitrogen and oxygen atoms in total. The van der Waals surface area contributed by atoms with Crippen LogP contribution in [0.1, 0.15) is 13.3 Å². The molecule has 1 heterocycles. The van der Waals surface area contributed by atoms with Crippen LogP contribution in [-0.4, -0.2) is 41.1 Å². The SMILES string of the molecule is CC(=O)NC1CCN(C(=O)O)C1. The summed E-state index contributed by atoms with van der Waals surface area (Å²) in [6, 6.07) is -0.00130. The Morgan fingerprint density at radius 2 is 2.25 bits per heavy atom. The third-order valence-electron chi connectivity index (χ3n) is 1.87. The van der Waals surface area contributed by atoms with Crippen molar-refractivity contribution in [2.24, 2.45) is 0 Å². The maximum atomic E-state index is 10.6. The fourth-order valence-electron chi connectivity index (χ4n) is 1.34. The Morgan fingerprint density at radius 3 is 2.67 bits per heavy atom. The first-order chi connectivity index (χ1) is 5.59. The van der Waals surface area contributed by atoms with Crippen LogP contribution in [0.5, 0.6) is 0 Å². The average Bonchev–Trinajstić information content (AvgIpc) is 2.34. The van der Waals surface area contributed by atoms with Crippen LogP contribution >= 0.6 is 0 Å². The maximum absolute atomic E-state index is 10.6. The minimum absolute atomic E-state index is 0.00130. The van der Waals surface area contributed by atoms with Gasteiger partial charge in [0.2, 0.25) is 5.91 Å². The molecule has 2 N–H and O–H groups in total. The van der Waals surface area contributed by atoms with Crippen LogP contribution in [0.2, 0.25) is 0 Å². The van der Waals surface area contributed by atoms with Gasteiger partial charge >= 0.3 is 6.09 Å². The highest BCUT2D eigenvalue weighted by Gasteiger charge is 2.25. The molecule has 0 aliphatic carbocycles. The number of nitrogens with zero attached hydrogens (tertiary/aromatic N) is 1. The summed E-state index contributed by atoms with van der Waals surface area (Å²) in [5.74, 6) is -0.104. The average molecular weight is 172 g/mol. The molecule has 68 valence electrons. The van der Waals surface area contributed by atoms with Gasteiger partial charge in [0.25, 0.3) is 0 Å². The Morgan fingerprint density at radius 1 is 1.58 bits per heavy atom. The lowest BCUT2D eigenvalue weighted by atomic mass is 10.3. The molecule has 0 aromatic rings. The molecule has 2 amide bonds. The lowest BCUT2D eigenvalue weighted by Gasteiger charge is -2.12. The summed E-state index contributed by atoms with van der Waals surface area (Å²) in [5.41, 5.74) is 0. The normalized spacial score (nSPS) is 22.4. The van der Waals surface area contributed by atoms with Crippen molar-refractivity contribution in [2.45, 2.75) is 19.4 Å². The van der Waals surface area contributed by atoms with Crippen LogP contribution in [0.15, 0.2) is 0 Å². The molecule has 1 unspecified atom stereocenters. The van der Waals surface area contributed by atoms with Gasteiger partial charge < -0.3 is 15.3 Å². The van der Waals surface area contributed by atoms with E-state index in [9.17, 15) is 9.59 Å². The number of rotatable bonds is 1. The summed E-state index contributed by atoms with van der Waals surface area (Å²) in [4.78, 5) is 22.4. The number of nitrogens with one attached hydrogen (secondary N) is 1. The first-order valence-electron chi connectivity index (χ1n) is 3.84. The van der Waals surface area contributed by atoms with Gasteiger partial charge in [-0.1, -0.05) is 0 Å². The summed E-state index contributed by atoms with van der Waals surface area (Å²) in [6.07, 6.45) is -0.200. The fourth-order valence-corrected chi connectivity index (χ4v) is 1.34. The van der Waals surface area contributed by atoms with Gasteiger partial charge in [-0.05, 0) is 6.42 Å². The van der Waals surface area contributed by atoms with E-state index in [0.29, 0.717) is 19.5 Å². The molecule has 1 aliphatic heterocycles. The van der Waals surface area contributed by atoms with Crippen LogP contribution in [-0.2, 0) is 4.79 Å². The molecule has 1 saturated heterocycles. The monoisotopic (exact) mass is 172 g/mol. The molecule has 0 radical (unpaired) electrons. The van der Waals surface area contributed by atoms with Crippen LogP contribution in [0.25, 0.3) is 0 Å². The largest absolute Gasteiger partial charge is 0.465 e. The van der Waals surface area contributed by atoms with Gasteiger partial charge in [-0.25, -0.2) is 4.79 Å². The molecule has 1 rings (SSSR count). The second-order valence-electron chi connectivity index (χ2n) is 2.91. The molecule has 0 bridgehead atoms. The summed E-state index contributed by atoms with van der Waals surface area (Å²) in [5, 5.41) is 11.3. The van der Waals surface area contributed by atoms with Crippen molar-refractivity contribution in [3.63, 3.8) is 0 Å². The zero-order chi connectivity index (χ0) is 9.14. The van der Waals surface area contributed by atoms with Gasteiger partial charge in [-0.15, -0.1) is 0 Å². The molecule has 0 saturated carbocycles. The second kappa shape index (κ2) is 3.42. The number of hydrogen-bond donors (Lipinski definition) is 2. The van der Waals surface area contributed by atoms with Gasteiger partial charge in [0.05, 0.1) is 0 Å². The number of hydrogen-bond acceptors (Lipinski definition) is 2. The van der Waals surface area contributed by atoms with Gasteiger partial charge in [0.1, 0.15) is 0 Å². The minimum Gasteiger partial charge on any atom is -0.465 e. The number of carbonyl (C=O) groups excluding carboxylic acids is 1. The highest BCUT2D eigenvalue weighted by Crippen LogP contribution is 2.08. The van der Waals surface area contributed by atoms with E-state index in [2.05, 4.69) is 5.32 Å². The van der Waals surface area contributed by atoms with Gasteiger partial charge in [-0.3, -0.25) is 4.79 Å². The maximum Gasteiger partial charge on any atom is 0.407 e. The Hall–Kier alpha value is -1.26. The Labute approximate surface area is 70.4 Å². The number of likely N-dealkylation sites (tertiary alicyclic amines) is 1. The van der Waals surface area contributed by atoms with Crippen molar-refractivity contribution in [3.8, 4) is 0 Å². The quantitative estimate of drug-likeness (QED) is 0.579. The van der Waals surface area contributed by atoms with Crippen molar-refractivity contribution in [1.29, 1.82) is 0 Å². The smallest absolute Gasteiger partial charge is 0.407 e. The Bertz CT molecular complexity index is 205. The van der Waals surface area contributed by atoms with E-state index >= 15 is 0 Å². The number of carboxylic acid groups (broad SMARTS) is 1. The van der Waals surface area contributed by atoms with E-state index < -0.39 is 6.09 Å². The van der Waals surface area contributed by atoms with Gasteiger partial charge in [-0.2, -0.15) is 0 Å². The fraction of sp³-hybridized carbons (Fsp3) is 0.714. The predicted molar refractivity (Wildman–Crippen MR) is 41.8 cm³/mol. The molecule has 5 heteroatoms. The molecule has 0 aromatic carbocycles. The Balaban J connectivity index is 2.35. The molecule has 0 spiro atoms. The van der Waals surface area contributed by atoms with E-state index in [1.807, 2.05) is 0 Å². The van der Waals surface area contributed by atoms with Crippen LogP contribution < -0.4 is 5.32 Å². The van der Waals surface area contributed by atoms with E-state index in [1.54, 1.807) is 0 Å². The minimum atomic E-state index is -0.914. The predicted octanol–water partition coefficient (Wildman–Crippen LogP) is -0.125. The van der Waals surface area contributed by atoms with Crippen LogP contribution in [0.3, 0.4) is 0 Å². The zero-order valence-corrected chi connectivity index (χ0v) is 6.91. The topological polar surface area (TPSA) is 69.6 Å². The summed E-state index contributed by atoms with van der Waals surface area (Å²) >= 11 is 0. The van der Waals surface area contributed by atoms with E-state index in [1.165, 1.54) is 11.8 Å². The number of carbonyl (C=O) groups is 2. The molecule has 1 atom stereocenters. The summed E-state index contributed by atoms with van der Waals surface area (Å²) in [6.45, 7) is 2.36. The zero-order valence-electron chi connectivity index (χ0n) is 6.91. The summed E-state index contributed by atoms with van der Waals surface area (Å²) < 4.78 is 0. The molecular weight excluding hydrogens is 160 g/mol. The summed E-state index contributed by atoms with van der Waals surface area (Å²) in [7, 11) is 0. The van der Waals surface area contributed by atoms with Crippen molar-refractivity contribution >= 4 is 12.0 Å². The van der Waals surface area contributed by atoms with Gasteiger partial charge in [0, 0.05) is 26.1 Å². The van der Waals surface area contributed by atoms with Crippen molar-refractivity contribution in [2.75, 3.05) is 13.1 Å². The number of amides is 2. The van der Waals surface area contributed by atoms with Crippen LogP contribution in [0, 0.1) is 0 Å². The molecular formula is C7H12N2O3. The van der Waals surface area contributed by atoms with Crippen molar-refractivity contribution in [3.05, 3.63) is 0 Å². The standard InChI is InChI=1S/C7H12N2O3/c1-5(10)8-6-2-3-9(4-6)7(11)12/h6H,2-4H2,1H3,(H,8,10)(H,11,12). The molecule has 1 aliphatic rings. The third kappa shape index (κ3) is 2.11. The van der Waals surface area contributed by atoms with E-state index in [0.717, 1.165) is 0 Å². The highest BCUT2D eigenvalue weighted by molar-refractivity contribution is 5.73. The highest BCUT2D eigenvalue weighted by atomic mass is 16.4. The lowest BCUT2D eigenvalue weighted by Crippen LogP contribution is -2.36. The Kier molecular flexibility index (Phi) is 2.52. The van der Waals surface area contributed by atoms with Crippen molar-refractivity contribution in [1.82, 2.24) is 10.2 Å². The first-order valence-corrected chi connectivity index (χ1v) is 3.84. The van der Waals surface area contributed by atoms with Gasteiger partial charge in [0.15, 0.2) is 0 Å². The third-order valence-corrected chi connectivity index (χ3v) is 1.87. The van der Waals surface area contributed by atoms with E-state index in [-0.39, 0.29) is 11.9 Å². The molecule has 12 heavy (non-hydrogen) atoms. The second-order valence-corrected chi connectivity index (χ2v) is 2.91. The van der Waals surface area contributed by atoms with Crippen molar-refractivity contribution < 1.29 is 14.7 Å². The molecule has 1 fully saturated rings. The molecule has 0 aromatic heterocycles. The lowest BCUT2D eigenvalue weighted by molar-refractivity contribution is -0.119. The van der Waals surface area contributed by atoms with Crippen LogP contribution in [0.4, 0.5) is 4.79 Å². The first kappa shape index (κ1) is 8.83.